The molecule has 5 rings (SSSR count). The monoisotopic (exact) mass is 609 g/mol. The summed E-state index contributed by atoms with van der Waals surface area (Å²) in [5.74, 6) is 0.522. The van der Waals surface area contributed by atoms with E-state index in [0.717, 1.165) is 25.6 Å². The van der Waals surface area contributed by atoms with Crippen molar-refractivity contribution in [2.75, 3.05) is 10.2 Å². The first kappa shape index (κ1) is 23.6. The Kier molecular flexibility index (Phi) is 6.90. The average molecular weight is 610 g/mol. The van der Waals surface area contributed by atoms with Crippen LogP contribution in [0.15, 0.2) is 103 Å². The average Bonchev–Trinajstić information content (AvgIpc) is 2.88. The molecule has 4 nitrogen and oxygen atoms in total. The summed E-state index contributed by atoms with van der Waals surface area (Å²) >= 11 is 14.5. The molecule has 0 aliphatic heterocycles. The summed E-state index contributed by atoms with van der Waals surface area (Å²) in [6, 6.07) is 31.7. The topological polar surface area (TPSA) is 45.2 Å². The minimum atomic E-state index is -0.354. The Balaban J connectivity index is 1.72. The van der Waals surface area contributed by atoms with Crippen LogP contribution in [0.2, 0.25) is 10.0 Å². The molecule has 0 saturated heterocycles. The Morgan fingerprint density at radius 3 is 1.97 bits per heavy atom. The number of fused-ring (bicyclic) bond motifs is 1. The molecular formula is C28H18Cl2IN3O. The summed E-state index contributed by atoms with van der Waals surface area (Å²) in [5.41, 5.74) is 3.03. The van der Waals surface area contributed by atoms with E-state index in [9.17, 15) is 4.79 Å². The highest BCUT2D eigenvalue weighted by molar-refractivity contribution is 14.1. The Labute approximate surface area is 226 Å². The van der Waals surface area contributed by atoms with Crippen molar-refractivity contribution in [3.05, 3.63) is 117 Å². The summed E-state index contributed by atoms with van der Waals surface area (Å²) < 4.78 is 1.02. The van der Waals surface area contributed by atoms with Gasteiger partial charge in [-0.25, -0.2) is 14.7 Å². The number of hydrogen-bond donors (Lipinski definition) is 1. The second kappa shape index (κ2) is 10.2. The van der Waals surface area contributed by atoms with E-state index in [2.05, 4.69) is 27.9 Å². The van der Waals surface area contributed by atoms with Crippen LogP contribution in [-0.4, -0.2) is 11.0 Å². The highest BCUT2D eigenvalue weighted by Gasteiger charge is 2.24. The maximum Gasteiger partial charge on any atom is 0.332 e. The zero-order valence-electron chi connectivity index (χ0n) is 18.3. The molecule has 4 aromatic carbocycles. The van der Waals surface area contributed by atoms with Crippen LogP contribution in [0.3, 0.4) is 0 Å². The minimum Gasteiger partial charge on any atom is -0.307 e. The molecule has 1 aromatic heterocycles. The number of nitrogens with zero attached hydrogens (tertiary/aromatic N) is 2. The lowest BCUT2D eigenvalue weighted by atomic mass is 10.1. The third kappa shape index (κ3) is 4.98. The fourth-order valence-corrected chi connectivity index (χ4v) is 4.96. The van der Waals surface area contributed by atoms with Gasteiger partial charge in [0.2, 0.25) is 0 Å². The van der Waals surface area contributed by atoms with Crippen molar-refractivity contribution >= 4 is 79.8 Å². The molecule has 0 spiro atoms. The predicted molar refractivity (Wildman–Crippen MR) is 154 cm³/mol. The number of nitrogens with one attached hydrogen (secondary N) is 1. The zero-order valence-corrected chi connectivity index (χ0v) is 21.9. The molecule has 0 unspecified atom stereocenters. The van der Waals surface area contributed by atoms with Gasteiger partial charge in [0.1, 0.15) is 5.82 Å². The lowest BCUT2D eigenvalue weighted by Gasteiger charge is -2.25. The van der Waals surface area contributed by atoms with Crippen molar-refractivity contribution in [3.8, 4) is 11.3 Å². The normalized spacial score (nSPS) is 10.8. The quantitative estimate of drug-likeness (QED) is 0.206. The van der Waals surface area contributed by atoms with Crippen molar-refractivity contribution in [2.24, 2.45) is 0 Å². The summed E-state index contributed by atoms with van der Waals surface area (Å²) in [4.78, 5) is 20.4. The molecule has 0 fully saturated rings. The van der Waals surface area contributed by atoms with Crippen molar-refractivity contribution in [3.63, 3.8) is 0 Å². The number of pyridine rings is 1. The Morgan fingerprint density at radius 2 is 1.31 bits per heavy atom. The molecule has 172 valence electrons. The summed E-state index contributed by atoms with van der Waals surface area (Å²) in [5, 5.41) is 6.02. The van der Waals surface area contributed by atoms with Crippen LogP contribution in [0.5, 0.6) is 0 Å². The largest absolute Gasteiger partial charge is 0.332 e. The van der Waals surface area contributed by atoms with E-state index in [-0.39, 0.29) is 6.03 Å². The third-order valence-corrected chi connectivity index (χ3v) is 7.07. The van der Waals surface area contributed by atoms with Crippen LogP contribution in [0.4, 0.5) is 22.0 Å². The maximum atomic E-state index is 13.8. The highest BCUT2D eigenvalue weighted by atomic mass is 127. The van der Waals surface area contributed by atoms with Gasteiger partial charge in [-0.1, -0.05) is 77.8 Å². The third-order valence-electron chi connectivity index (χ3n) is 5.47. The number of carbonyl (C=O) groups excluding carboxylic acids is 1. The molecule has 0 aliphatic rings. The Morgan fingerprint density at radius 1 is 0.743 bits per heavy atom. The van der Waals surface area contributed by atoms with Gasteiger partial charge in [-0.15, -0.1) is 0 Å². The lowest BCUT2D eigenvalue weighted by molar-refractivity contribution is 0.259. The molecule has 0 radical (unpaired) electrons. The minimum absolute atomic E-state index is 0.354. The van der Waals surface area contributed by atoms with E-state index in [4.69, 9.17) is 28.2 Å². The van der Waals surface area contributed by atoms with Crippen molar-refractivity contribution in [1.29, 1.82) is 0 Å². The molecule has 7 heteroatoms. The molecule has 2 amide bonds. The maximum absolute atomic E-state index is 13.8. The van der Waals surface area contributed by atoms with Crippen LogP contribution in [0, 0.1) is 3.57 Å². The summed E-state index contributed by atoms with van der Waals surface area (Å²) in [6.07, 6.45) is 0. The van der Waals surface area contributed by atoms with Crippen molar-refractivity contribution in [2.45, 2.75) is 0 Å². The van der Waals surface area contributed by atoms with E-state index in [1.54, 1.807) is 53.4 Å². The van der Waals surface area contributed by atoms with Gasteiger partial charge in [-0.3, -0.25) is 0 Å². The van der Waals surface area contributed by atoms with Crippen LogP contribution in [0.25, 0.3) is 22.0 Å². The second-order valence-corrected chi connectivity index (χ2v) is 9.71. The molecule has 5 aromatic rings. The van der Waals surface area contributed by atoms with Crippen molar-refractivity contribution < 1.29 is 4.79 Å². The fraction of sp³-hybridized carbons (Fsp3) is 0. The van der Waals surface area contributed by atoms with Gasteiger partial charge < -0.3 is 5.32 Å². The molecule has 1 N–H and O–H groups in total. The number of amides is 2. The number of urea groups is 1. The van der Waals surface area contributed by atoms with E-state index < -0.39 is 0 Å². The first-order valence-electron chi connectivity index (χ1n) is 10.8. The first-order chi connectivity index (χ1) is 17.0. The summed E-state index contributed by atoms with van der Waals surface area (Å²) in [7, 11) is 0. The Bertz CT molecular complexity index is 1510. The van der Waals surface area contributed by atoms with E-state index in [0.29, 0.717) is 27.2 Å². The van der Waals surface area contributed by atoms with E-state index in [1.807, 2.05) is 54.6 Å². The number of halogens is 3. The van der Waals surface area contributed by atoms with E-state index >= 15 is 0 Å². The molecule has 0 saturated carbocycles. The van der Waals surface area contributed by atoms with Crippen LogP contribution in [-0.2, 0) is 0 Å². The van der Waals surface area contributed by atoms with Crippen LogP contribution < -0.4 is 10.2 Å². The van der Waals surface area contributed by atoms with Gasteiger partial charge in [-0.2, -0.15) is 0 Å². The van der Waals surface area contributed by atoms with Gasteiger partial charge >= 0.3 is 6.03 Å². The molecule has 35 heavy (non-hydrogen) atoms. The predicted octanol–water partition coefficient (Wildman–Crippen LogP) is 9.18. The SMILES string of the molecule is O=C(Nc1ccc(Cl)cc1)N(c1ccc(Cl)cc1)c1nc(-c2ccccc2)c(I)c2ccccc12. The van der Waals surface area contributed by atoms with Gasteiger partial charge in [0, 0.05) is 35.6 Å². The number of benzene rings is 4. The standard InChI is InChI=1S/C28H18Cl2IN3O/c29-19-10-14-21(15-11-19)32-28(35)34(22-16-12-20(30)13-17-22)27-24-9-5-4-8-23(24)25(31)26(33-27)18-6-2-1-3-7-18/h1-17H,(H,32,35). The number of aromatic nitrogens is 1. The van der Waals surface area contributed by atoms with Gasteiger partial charge in [0.05, 0.1) is 11.4 Å². The number of rotatable bonds is 4. The molecule has 0 bridgehead atoms. The van der Waals surface area contributed by atoms with E-state index in [1.165, 1.54) is 0 Å². The zero-order chi connectivity index (χ0) is 24.4. The Hall–Kier alpha value is -3.13. The number of hydrogen-bond acceptors (Lipinski definition) is 2. The highest BCUT2D eigenvalue weighted by Crippen LogP contribution is 2.38. The molecule has 1 heterocycles. The molecule has 0 aliphatic carbocycles. The molecule has 0 atom stereocenters. The second-order valence-electron chi connectivity index (χ2n) is 7.76. The van der Waals surface area contributed by atoms with Crippen LogP contribution >= 0.6 is 45.8 Å². The van der Waals surface area contributed by atoms with Gasteiger partial charge in [-0.05, 0) is 71.1 Å². The van der Waals surface area contributed by atoms with Gasteiger partial charge in [0.25, 0.3) is 0 Å². The van der Waals surface area contributed by atoms with Crippen LogP contribution in [0.1, 0.15) is 0 Å². The van der Waals surface area contributed by atoms with Gasteiger partial charge in [0.15, 0.2) is 0 Å². The number of anilines is 3. The molecular weight excluding hydrogens is 592 g/mol. The smallest absolute Gasteiger partial charge is 0.307 e. The first-order valence-corrected chi connectivity index (χ1v) is 12.6. The van der Waals surface area contributed by atoms with Crippen molar-refractivity contribution in [1.82, 2.24) is 4.98 Å². The number of carbonyl (C=O) groups is 1. The fourth-order valence-electron chi connectivity index (χ4n) is 3.81. The lowest BCUT2D eigenvalue weighted by Crippen LogP contribution is -2.31. The summed E-state index contributed by atoms with van der Waals surface area (Å²) in [6.45, 7) is 0.